The number of carbonyl (C=O) groups excluding carboxylic acids is 2. The molecule has 0 radical (unpaired) electrons. The molecule has 0 saturated heterocycles. The smallest absolute Gasteiger partial charge is 0.261 e. The van der Waals surface area contributed by atoms with E-state index in [1.807, 2.05) is 24.3 Å². The summed E-state index contributed by atoms with van der Waals surface area (Å²) in [6.45, 7) is 5.93. The first-order valence-corrected chi connectivity index (χ1v) is 8.22. The first kappa shape index (κ1) is 17.3. The van der Waals surface area contributed by atoms with Crippen LogP contribution in [0.1, 0.15) is 51.5 Å². The van der Waals surface area contributed by atoms with Gasteiger partial charge in [-0.2, -0.15) is 0 Å². The highest BCUT2D eigenvalue weighted by Crippen LogP contribution is 2.34. The van der Waals surface area contributed by atoms with Crippen molar-refractivity contribution >= 4 is 11.8 Å². The van der Waals surface area contributed by atoms with E-state index in [0.717, 1.165) is 12.8 Å². The molecule has 0 aliphatic heterocycles. The fraction of sp³-hybridized carbons (Fsp3) is 0.556. The quantitative estimate of drug-likeness (QED) is 0.772. The Labute approximate surface area is 137 Å². The van der Waals surface area contributed by atoms with Gasteiger partial charge in [0.1, 0.15) is 5.75 Å². The van der Waals surface area contributed by atoms with Crippen LogP contribution in [0.4, 0.5) is 0 Å². The molecule has 1 aliphatic carbocycles. The Balaban J connectivity index is 1.93. The lowest BCUT2D eigenvalue weighted by atomic mass is 10.0. The first-order valence-electron chi connectivity index (χ1n) is 8.22. The van der Waals surface area contributed by atoms with Crippen molar-refractivity contribution in [2.45, 2.75) is 58.1 Å². The highest BCUT2D eigenvalue weighted by Gasteiger charge is 2.34. The number of hydrogen-bond donors (Lipinski definition) is 2. The van der Waals surface area contributed by atoms with Gasteiger partial charge in [0, 0.05) is 12.5 Å². The zero-order chi connectivity index (χ0) is 17.0. The highest BCUT2D eigenvalue weighted by atomic mass is 16.5. The van der Waals surface area contributed by atoms with Crippen molar-refractivity contribution in [3.63, 3.8) is 0 Å². The van der Waals surface area contributed by atoms with E-state index < -0.39 is 6.10 Å². The molecule has 1 saturated carbocycles. The maximum Gasteiger partial charge on any atom is 0.261 e. The number of nitrogens with two attached hydrogens (primary N) is 1. The third-order valence-corrected chi connectivity index (χ3v) is 4.15. The Bertz CT molecular complexity index is 567. The van der Waals surface area contributed by atoms with Crippen LogP contribution in [0, 0.1) is 5.92 Å². The van der Waals surface area contributed by atoms with Gasteiger partial charge in [-0.05, 0) is 49.3 Å². The molecule has 5 heteroatoms. The van der Waals surface area contributed by atoms with E-state index >= 15 is 0 Å². The summed E-state index contributed by atoms with van der Waals surface area (Å²) in [5, 5.41) is 2.90. The molecule has 5 nitrogen and oxygen atoms in total. The van der Waals surface area contributed by atoms with Crippen LogP contribution in [0.3, 0.4) is 0 Å². The summed E-state index contributed by atoms with van der Waals surface area (Å²) in [5.41, 5.74) is 6.42. The Morgan fingerprint density at radius 2 is 2.00 bits per heavy atom. The summed E-state index contributed by atoms with van der Waals surface area (Å²) in [6.07, 6.45) is 1.63. The fourth-order valence-corrected chi connectivity index (χ4v) is 2.56. The summed E-state index contributed by atoms with van der Waals surface area (Å²) in [4.78, 5) is 23.4. The molecule has 1 aromatic rings. The number of nitrogens with one attached hydrogen (secondary N) is 1. The standard InChI is InChI=1S/C18H26N2O3/c1-11(2)14-5-4-6-15(9-14)23-12(3)18(22)20-16(10-17(19)21)13-7-8-13/h4-6,9,11-13,16H,7-8,10H2,1-3H3,(H2,19,21)(H,20,22)/t12-,16-/m0/s1. The van der Waals surface area contributed by atoms with Gasteiger partial charge < -0.3 is 15.8 Å². The number of amides is 2. The molecule has 126 valence electrons. The van der Waals surface area contributed by atoms with Gasteiger partial charge in [-0.1, -0.05) is 26.0 Å². The number of ether oxygens (including phenoxy) is 1. The van der Waals surface area contributed by atoms with E-state index in [4.69, 9.17) is 10.5 Å². The monoisotopic (exact) mass is 318 g/mol. The summed E-state index contributed by atoms with van der Waals surface area (Å²) in [5.74, 6) is 0.843. The van der Waals surface area contributed by atoms with Gasteiger partial charge in [-0.3, -0.25) is 9.59 Å². The Morgan fingerprint density at radius 1 is 1.30 bits per heavy atom. The number of carbonyl (C=O) groups is 2. The minimum absolute atomic E-state index is 0.173. The van der Waals surface area contributed by atoms with Crippen molar-refractivity contribution in [2.24, 2.45) is 11.7 Å². The fourth-order valence-electron chi connectivity index (χ4n) is 2.56. The van der Waals surface area contributed by atoms with Gasteiger partial charge in [0.15, 0.2) is 6.10 Å². The summed E-state index contributed by atoms with van der Waals surface area (Å²) < 4.78 is 5.74. The number of rotatable bonds is 8. The van der Waals surface area contributed by atoms with Crippen molar-refractivity contribution in [1.82, 2.24) is 5.32 Å². The van der Waals surface area contributed by atoms with Crippen LogP contribution in [0.15, 0.2) is 24.3 Å². The summed E-state index contributed by atoms with van der Waals surface area (Å²) in [6, 6.07) is 7.59. The number of primary amides is 1. The average molecular weight is 318 g/mol. The number of benzene rings is 1. The van der Waals surface area contributed by atoms with E-state index in [0.29, 0.717) is 17.6 Å². The SMILES string of the molecule is CC(C)c1cccc(O[C@@H](C)C(=O)N[C@@H](CC(N)=O)C2CC2)c1. The van der Waals surface area contributed by atoms with Gasteiger partial charge in [-0.25, -0.2) is 0 Å². The van der Waals surface area contributed by atoms with Crippen molar-refractivity contribution in [1.29, 1.82) is 0 Å². The Hall–Kier alpha value is -2.04. The van der Waals surface area contributed by atoms with Crippen LogP contribution in [-0.4, -0.2) is 24.0 Å². The summed E-state index contributed by atoms with van der Waals surface area (Å²) in [7, 11) is 0. The molecular formula is C18H26N2O3. The number of hydrogen-bond acceptors (Lipinski definition) is 3. The molecule has 2 rings (SSSR count). The largest absolute Gasteiger partial charge is 0.481 e. The van der Waals surface area contributed by atoms with Gasteiger partial charge in [0.2, 0.25) is 5.91 Å². The predicted octanol–water partition coefficient (Wildman–Crippen LogP) is 2.35. The second kappa shape index (κ2) is 7.49. The maximum absolute atomic E-state index is 12.3. The van der Waals surface area contributed by atoms with Crippen LogP contribution >= 0.6 is 0 Å². The molecule has 3 N–H and O–H groups in total. The van der Waals surface area contributed by atoms with E-state index in [-0.39, 0.29) is 24.3 Å². The Morgan fingerprint density at radius 3 is 2.57 bits per heavy atom. The molecule has 1 aliphatic rings. The molecule has 1 aromatic carbocycles. The van der Waals surface area contributed by atoms with Crippen molar-refractivity contribution < 1.29 is 14.3 Å². The van der Waals surface area contributed by atoms with Gasteiger partial charge in [-0.15, -0.1) is 0 Å². The molecular weight excluding hydrogens is 292 g/mol. The molecule has 2 amide bonds. The van der Waals surface area contributed by atoms with Crippen LogP contribution in [0.2, 0.25) is 0 Å². The minimum Gasteiger partial charge on any atom is -0.481 e. The van der Waals surface area contributed by atoms with E-state index in [9.17, 15) is 9.59 Å². The van der Waals surface area contributed by atoms with Crippen molar-refractivity contribution in [3.8, 4) is 5.75 Å². The van der Waals surface area contributed by atoms with Gasteiger partial charge in [0.25, 0.3) is 5.91 Å². The zero-order valence-electron chi connectivity index (χ0n) is 14.0. The van der Waals surface area contributed by atoms with Gasteiger partial charge >= 0.3 is 0 Å². The van der Waals surface area contributed by atoms with Crippen LogP contribution in [-0.2, 0) is 9.59 Å². The lowest BCUT2D eigenvalue weighted by Gasteiger charge is -2.21. The average Bonchev–Trinajstić information content (AvgIpc) is 3.30. The zero-order valence-corrected chi connectivity index (χ0v) is 14.0. The molecule has 0 spiro atoms. The van der Waals surface area contributed by atoms with Crippen LogP contribution < -0.4 is 15.8 Å². The Kier molecular flexibility index (Phi) is 5.64. The molecule has 0 aromatic heterocycles. The molecule has 0 unspecified atom stereocenters. The third-order valence-electron chi connectivity index (χ3n) is 4.15. The molecule has 0 bridgehead atoms. The lowest BCUT2D eigenvalue weighted by Crippen LogP contribution is -2.45. The first-order chi connectivity index (χ1) is 10.9. The second-order valence-corrected chi connectivity index (χ2v) is 6.61. The second-order valence-electron chi connectivity index (χ2n) is 6.61. The van der Waals surface area contributed by atoms with E-state index in [1.165, 1.54) is 5.56 Å². The molecule has 2 atom stereocenters. The third kappa shape index (κ3) is 5.27. The topological polar surface area (TPSA) is 81.4 Å². The highest BCUT2D eigenvalue weighted by molar-refractivity contribution is 5.82. The summed E-state index contributed by atoms with van der Waals surface area (Å²) >= 11 is 0. The van der Waals surface area contributed by atoms with E-state index in [2.05, 4.69) is 19.2 Å². The van der Waals surface area contributed by atoms with Crippen LogP contribution in [0.5, 0.6) is 5.75 Å². The van der Waals surface area contributed by atoms with Crippen LogP contribution in [0.25, 0.3) is 0 Å². The van der Waals surface area contributed by atoms with Crippen molar-refractivity contribution in [2.75, 3.05) is 0 Å². The maximum atomic E-state index is 12.3. The van der Waals surface area contributed by atoms with Gasteiger partial charge in [0.05, 0.1) is 0 Å². The molecule has 0 heterocycles. The molecule has 1 fully saturated rings. The minimum atomic E-state index is -0.619. The predicted molar refractivity (Wildman–Crippen MR) is 89.1 cm³/mol. The normalized spacial score (nSPS) is 16.7. The van der Waals surface area contributed by atoms with E-state index in [1.54, 1.807) is 6.92 Å². The molecule has 23 heavy (non-hydrogen) atoms. The lowest BCUT2D eigenvalue weighted by molar-refractivity contribution is -0.128. The van der Waals surface area contributed by atoms with Crippen molar-refractivity contribution in [3.05, 3.63) is 29.8 Å².